The van der Waals surface area contributed by atoms with Crippen LogP contribution in [0.2, 0.25) is 0 Å². The Morgan fingerprint density at radius 2 is 2.14 bits per heavy atom. The average molecular weight is 307 g/mol. The summed E-state index contributed by atoms with van der Waals surface area (Å²) in [5.41, 5.74) is -3.37. The second-order valence-corrected chi connectivity index (χ2v) is 5.23. The lowest BCUT2D eigenvalue weighted by Crippen LogP contribution is -2.46. The van der Waals surface area contributed by atoms with Gasteiger partial charge in [0.2, 0.25) is 11.5 Å². The molecule has 0 aliphatic carbocycles. The number of likely N-dealkylation sites (tertiary alicyclic amines) is 1. The topological polar surface area (TPSA) is 73.9 Å². The van der Waals surface area contributed by atoms with Crippen LogP contribution in [0.1, 0.15) is 24.4 Å². The number of aliphatic hydroxyl groups excluding tert-OH is 1. The lowest BCUT2D eigenvalue weighted by Gasteiger charge is -2.29. The number of carbonyl (C=O) groups excluding carboxylic acids is 1. The second-order valence-electron chi connectivity index (χ2n) is 5.23. The number of carbonyl (C=O) groups is 1. The molecule has 0 bridgehead atoms. The number of aliphatic hydroxyl groups is 2. The van der Waals surface area contributed by atoms with Crippen molar-refractivity contribution in [1.82, 2.24) is 4.90 Å². The number of alkyl halides is 3. The van der Waals surface area contributed by atoms with Gasteiger partial charge in [-0.1, -0.05) is 0 Å². The van der Waals surface area contributed by atoms with E-state index in [0.717, 1.165) is 11.0 Å². The zero-order chi connectivity index (χ0) is 15.8. The minimum Gasteiger partial charge on any atom is -0.463 e. The van der Waals surface area contributed by atoms with Crippen LogP contribution in [0, 0.1) is 6.92 Å². The van der Waals surface area contributed by atoms with Gasteiger partial charge in [-0.2, -0.15) is 13.2 Å². The van der Waals surface area contributed by atoms with E-state index in [1.54, 1.807) is 0 Å². The number of aryl methyl sites for hydroxylation is 1. The molecule has 0 spiro atoms. The lowest BCUT2D eigenvalue weighted by atomic mass is 9.95. The van der Waals surface area contributed by atoms with E-state index in [4.69, 9.17) is 4.42 Å². The first-order valence-corrected chi connectivity index (χ1v) is 6.45. The summed E-state index contributed by atoms with van der Waals surface area (Å²) in [6.45, 7) is 1.59. The van der Waals surface area contributed by atoms with Crippen molar-refractivity contribution in [2.24, 2.45) is 0 Å². The lowest BCUT2D eigenvalue weighted by molar-refractivity contribution is -0.274. The maximum absolute atomic E-state index is 13.2. The van der Waals surface area contributed by atoms with Gasteiger partial charge in [-0.3, -0.25) is 4.79 Å². The third kappa shape index (κ3) is 3.06. The summed E-state index contributed by atoms with van der Waals surface area (Å²) >= 11 is 0. The second kappa shape index (κ2) is 5.34. The number of β-amino-alcohol motifs (C(OH)–C–C–N with tert-alkyl or cyclic N) is 1. The fourth-order valence-corrected chi connectivity index (χ4v) is 2.28. The van der Waals surface area contributed by atoms with Crippen molar-refractivity contribution >= 4 is 5.91 Å². The molecular formula is C13H16F3NO4. The first kappa shape index (κ1) is 15.8. The smallest absolute Gasteiger partial charge is 0.425 e. The molecule has 2 heterocycles. The molecule has 8 heteroatoms. The van der Waals surface area contributed by atoms with Gasteiger partial charge in [0, 0.05) is 13.1 Å². The van der Waals surface area contributed by atoms with Crippen molar-refractivity contribution in [2.75, 3.05) is 13.1 Å². The summed E-state index contributed by atoms with van der Waals surface area (Å²) in [4.78, 5) is 13.1. The summed E-state index contributed by atoms with van der Waals surface area (Å²) in [5, 5.41) is 19.3. The molecule has 2 N–H and O–H groups in total. The zero-order valence-corrected chi connectivity index (χ0v) is 11.4. The number of hydrogen-bond acceptors (Lipinski definition) is 4. The van der Waals surface area contributed by atoms with Crippen LogP contribution in [0.15, 0.2) is 16.5 Å². The Labute approximate surface area is 119 Å². The standard InChI is InChI=1S/C13H16F3NO4/c1-8-2-3-10(21-8)12(20,13(14,15)16)6-11(19)17-5-4-9(18)7-17/h2-3,9,18,20H,4-7H2,1H3/t9-,12?/m1/s1. The molecule has 0 saturated carbocycles. The molecule has 1 aliphatic heterocycles. The van der Waals surface area contributed by atoms with E-state index in [-0.39, 0.29) is 18.8 Å². The summed E-state index contributed by atoms with van der Waals surface area (Å²) in [6.07, 6.45) is -6.64. The van der Waals surface area contributed by atoms with Gasteiger partial charge < -0.3 is 19.5 Å². The van der Waals surface area contributed by atoms with Gasteiger partial charge in [-0.25, -0.2) is 0 Å². The maximum Gasteiger partial charge on any atom is 0.425 e. The number of rotatable bonds is 3. The van der Waals surface area contributed by atoms with Crippen LogP contribution >= 0.6 is 0 Å². The van der Waals surface area contributed by atoms with Gasteiger partial charge in [-0.15, -0.1) is 0 Å². The van der Waals surface area contributed by atoms with Gasteiger partial charge in [0.05, 0.1) is 12.5 Å². The molecule has 1 unspecified atom stereocenters. The molecular weight excluding hydrogens is 291 g/mol. The number of nitrogens with zero attached hydrogens (tertiary/aromatic N) is 1. The highest BCUT2D eigenvalue weighted by molar-refractivity contribution is 5.78. The highest BCUT2D eigenvalue weighted by Crippen LogP contribution is 2.42. The largest absolute Gasteiger partial charge is 0.463 e. The minimum atomic E-state index is -5.05. The monoisotopic (exact) mass is 307 g/mol. The number of amides is 1. The van der Waals surface area contributed by atoms with Crippen molar-refractivity contribution in [1.29, 1.82) is 0 Å². The summed E-state index contributed by atoms with van der Waals surface area (Å²) in [6, 6.07) is 2.30. The van der Waals surface area contributed by atoms with E-state index >= 15 is 0 Å². The van der Waals surface area contributed by atoms with E-state index in [2.05, 4.69) is 0 Å². The normalized spacial score (nSPS) is 22.4. The molecule has 2 rings (SSSR count). The van der Waals surface area contributed by atoms with Crippen molar-refractivity contribution in [3.8, 4) is 0 Å². The molecule has 1 aromatic rings. The molecule has 118 valence electrons. The Balaban J connectivity index is 2.23. The molecule has 1 saturated heterocycles. The Bertz CT molecular complexity index is 528. The molecule has 2 atom stereocenters. The molecule has 5 nitrogen and oxygen atoms in total. The van der Waals surface area contributed by atoms with E-state index in [1.165, 1.54) is 13.0 Å². The van der Waals surface area contributed by atoms with Crippen LogP contribution in [0.3, 0.4) is 0 Å². The van der Waals surface area contributed by atoms with Gasteiger partial charge in [0.15, 0.2) is 0 Å². The molecule has 0 radical (unpaired) electrons. The van der Waals surface area contributed by atoms with E-state index < -0.39 is 36.0 Å². The highest BCUT2D eigenvalue weighted by Gasteiger charge is 2.58. The summed E-state index contributed by atoms with van der Waals surface area (Å²) in [5.74, 6) is -1.38. The van der Waals surface area contributed by atoms with Crippen molar-refractivity contribution in [2.45, 2.75) is 37.6 Å². The third-order valence-electron chi connectivity index (χ3n) is 3.54. The van der Waals surface area contributed by atoms with Crippen LogP contribution in [-0.2, 0) is 10.4 Å². The van der Waals surface area contributed by atoms with Crippen molar-refractivity contribution < 1.29 is 32.6 Å². The fourth-order valence-electron chi connectivity index (χ4n) is 2.28. The Morgan fingerprint density at radius 3 is 2.57 bits per heavy atom. The van der Waals surface area contributed by atoms with E-state index in [9.17, 15) is 28.2 Å². The SMILES string of the molecule is Cc1ccc(C(O)(CC(=O)N2CC[C@@H](O)C2)C(F)(F)F)o1. The molecule has 1 amide bonds. The van der Waals surface area contributed by atoms with Gasteiger partial charge in [-0.05, 0) is 25.5 Å². The molecule has 1 aliphatic rings. The minimum absolute atomic E-state index is 0.0239. The van der Waals surface area contributed by atoms with Gasteiger partial charge in [0.1, 0.15) is 11.5 Å². The van der Waals surface area contributed by atoms with Gasteiger partial charge >= 0.3 is 6.18 Å². The Hall–Kier alpha value is -1.54. The van der Waals surface area contributed by atoms with Crippen LogP contribution in [0.25, 0.3) is 0 Å². The van der Waals surface area contributed by atoms with Crippen LogP contribution in [0.4, 0.5) is 13.2 Å². The first-order chi connectivity index (χ1) is 9.63. The number of furan rings is 1. The van der Waals surface area contributed by atoms with Crippen molar-refractivity contribution in [3.63, 3.8) is 0 Å². The zero-order valence-electron chi connectivity index (χ0n) is 11.4. The summed E-state index contributed by atoms with van der Waals surface area (Å²) in [7, 11) is 0. The molecule has 1 aromatic heterocycles. The molecule has 0 aromatic carbocycles. The Morgan fingerprint density at radius 1 is 1.48 bits per heavy atom. The quantitative estimate of drug-likeness (QED) is 0.883. The van der Waals surface area contributed by atoms with Crippen molar-refractivity contribution in [3.05, 3.63) is 23.7 Å². The van der Waals surface area contributed by atoms with Crippen LogP contribution in [0.5, 0.6) is 0 Å². The summed E-state index contributed by atoms with van der Waals surface area (Å²) < 4.78 is 44.4. The maximum atomic E-state index is 13.2. The van der Waals surface area contributed by atoms with Crippen LogP contribution in [-0.4, -0.2) is 46.4 Å². The van der Waals surface area contributed by atoms with Gasteiger partial charge in [0.25, 0.3) is 0 Å². The fraction of sp³-hybridized carbons (Fsp3) is 0.615. The number of halogens is 3. The number of hydrogen-bond donors (Lipinski definition) is 2. The first-order valence-electron chi connectivity index (χ1n) is 6.45. The van der Waals surface area contributed by atoms with E-state index in [0.29, 0.717) is 6.42 Å². The molecule has 21 heavy (non-hydrogen) atoms. The van der Waals surface area contributed by atoms with Crippen LogP contribution < -0.4 is 0 Å². The highest BCUT2D eigenvalue weighted by atomic mass is 19.4. The predicted molar refractivity (Wildman–Crippen MR) is 65.2 cm³/mol. The third-order valence-corrected chi connectivity index (χ3v) is 3.54. The molecule has 1 fully saturated rings. The predicted octanol–water partition coefficient (Wildman–Crippen LogP) is 1.32. The van der Waals surface area contributed by atoms with E-state index in [1.807, 2.05) is 0 Å². The Kier molecular flexibility index (Phi) is 4.03. The average Bonchev–Trinajstić information content (AvgIpc) is 2.96.